The molecule has 0 amide bonds. The van der Waals surface area contributed by atoms with Crippen LogP contribution in [0.3, 0.4) is 0 Å². The molecule has 0 spiro atoms. The number of benzene rings is 7. The number of hydrogen-bond acceptors (Lipinski definition) is 3. The minimum Gasteiger partial charge on any atom is -0.455 e. The van der Waals surface area contributed by atoms with Gasteiger partial charge in [0.1, 0.15) is 11.2 Å². The van der Waals surface area contributed by atoms with Gasteiger partial charge in [-0.2, -0.15) is 0 Å². The monoisotopic (exact) mass is 639 g/mol. The minimum absolute atomic E-state index is 0.689. The van der Waals surface area contributed by atoms with E-state index in [9.17, 15) is 0 Å². The summed E-state index contributed by atoms with van der Waals surface area (Å²) in [7, 11) is 0. The molecule has 0 saturated heterocycles. The number of rotatable bonds is 5. The maximum atomic E-state index is 6.77. The summed E-state index contributed by atoms with van der Waals surface area (Å²) < 4.78 is 9.12. The summed E-state index contributed by atoms with van der Waals surface area (Å²) in [6.45, 7) is 0. The summed E-state index contributed by atoms with van der Waals surface area (Å²) in [5, 5.41) is 4.55. The van der Waals surface area contributed by atoms with Crippen molar-refractivity contribution in [2.75, 3.05) is 0 Å². The fourth-order valence-corrected chi connectivity index (χ4v) is 7.34. The second kappa shape index (κ2) is 11.4. The van der Waals surface area contributed by atoms with Gasteiger partial charge in [-0.1, -0.05) is 140 Å². The number of aromatic nitrogens is 3. The van der Waals surface area contributed by atoms with Crippen LogP contribution in [0.2, 0.25) is 0 Å². The Kier molecular flexibility index (Phi) is 6.46. The number of fused-ring (bicyclic) bond motifs is 6. The predicted molar refractivity (Wildman–Crippen MR) is 205 cm³/mol. The van der Waals surface area contributed by atoms with Crippen LogP contribution in [0.25, 0.3) is 94.5 Å². The Morgan fingerprint density at radius 1 is 0.420 bits per heavy atom. The Morgan fingerprint density at radius 3 is 1.88 bits per heavy atom. The Bertz CT molecular complexity index is 2800. The fraction of sp³-hybridized carbons (Fsp3) is 0. The molecule has 7 aromatic carbocycles. The third kappa shape index (κ3) is 4.54. The summed E-state index contributed by atoms with van der Waals surface area (Å²) in [6, 6.07) is 61.2. The van der Waals surface area contributed by atoms with E-state index in [1.807, 2.05) is 36.4 Å². The van der Waals surface area contributed by atoms with Gasteiger partial charge in [-0.25, -0.2) is 9.97 Å². The van der Waals surface area contributed by atoms with Crippen molar-refractivity contribution in [3.8, 4) is 50.7 Å². The predicted octanol–water partition coefficient (Wildman–Crippen LogP) is 12.1. The van der Waals surface area contributed by atoms with Crippen LogP contribution < -0.4 is 0 Å². The van der Waals surface area contributed by atoms with Gasteiger partial charge in [-0.05, 0) is 42.0 Å². The summed E-state index contributed by atoms with van der Waals surface area (Å²) in [5.74, 6) is 0.689. The number of para-hydroxylation sites is 3. The molecule has 10 aromatic rings. The Labute approximate surface area is 288 Å². The highest BCUT2D eigenvalue weighted by Gasteiger charge is 2.20. The molecule has 0 saturated carbocycles. The summed E-state index contributed by atoms with van der Waals surface area (Å²) >= 11 is 0. The molecule has 3 heterocycles. The quantitative estimate of drug-likeness (QED) is 0.188. The van der Waals surface area contributed by atoms with Crippen molar-refractivity contribution in [1.82, 2.24) is 14.5 Å². The molecule has 50 heavy (non-hydrogen) atoms. The highest BCUT2D eigenvalue weighted by atomic mass is 16.3. The SMILES string of the molecule is c1ccc(-c2cc(-c3cccc4oc5c(-c6ccc7c8ccccc8n(-c8ccccc8)c7c6)cccc5c34)nc(-c3ccccc3)n2)cc1. The van der Waals surface area contributed by atoms with E-state index in [-0.39, 0.29) is 0 Å². The molecule has 3 aromatic heterocycles. The Balaban J connectivity index is 1.19. The van der Waals surface area contributed by atoms with Crippen LogP contribution in [0.4, 0.5) is 0 Å². The first kappa shape index (κ1) is 28.3. The standard InChI is InChI=1S/C46H29N3O/c1-4-14-30(15-5-1)39-29-40(48-46(47-39)31-16-6-2-7-17-31)37-22-13-25-43-44(37)38-23-12-21-34(45(38)50-43)32-26-27-36-35-20-10-11-24-41(35)49(42(36)28-32)33-18-8-3-9-19-33/h1-29H. The third-order valence-electron chi connectivity index (χ3n) is 9.63. The zero-order valence-electron chi connectivity index (χ0n) is 27.0. The lowest BCUT2D eigenvalue weighted by atomic mass is 9.98. The molecule has 0 bridgehead atoms. The maximum absolute atomic E-state index is 6.77. The molecule has 10 rings (SSSR count). The molecule has 0 aliphatic rings. The third-order valence-corrected chi connectivity index (χ3v) is 9.63. The lowest BCUT2D eigenvalue weighted by Crippen LogP contribution is -1.96. The van der Waals surface area contributed by atoms with Crippen molar-refractivity contribution < 1.29 is 4.42 Å². The summed E-state index contributed by atoms with van der Waals surface area (Å²) in [5.41, 5.74) is 12.1. The lowest BCUT2D eigenvalue weighted by molar-refractivity contribution is 0.670. The molecule has 4 nitrogen and oxygen atoms in total. The Morgan fingerprint density at radius 2 is 1.06 bits per heavy atom. The van der Waals surface area contributed by atoms with Gasteiger partial charge in [0, 0.05) is 49.5 Å². The van der Waals surface area contributed by atoms with E-state index in [0.29, 0.717) is 5.82 Å². The first-order valence-corrected chi connectivity index (χ1v) is 16.8. The van der Waals surface area contributed by atoms with E-state index in [0.717, 1.165) is 72.3 Å². The topological polar surface area (TPSA) is 43.9 Å². The van der Waals surface area contributed by atoms with Gasteiger partial charge in [-0.15, -0.1) is 0 Å². The van der Waals surface area contributed by atoms with Gasteiger partial charge in [0.25, 0.3) is 0 Å². The van der Waals surface area contributed by atoms with E-state index in [4.69, 9.17) is 14.4 Å². The van der Waals surface area contributed by atoms with Crippen LogP contribution in [0.5, 0.6) is 0 Å². The minimum atomic E-state index is 0.689. The smallest absolute Gasteiger partial charge is 0.160 e. The van der Waals surface area contributed by atoms with E-state index in [2.05, 4.69) is 144 Å². The fourth-order valence-electron chi connectivity index (χ4n) is 7.34. The van der Waals surface area contributed by atoms with Crippen LogP contribution in [0.15, 0.2) is 180 Å². The highest BCUT2D eigenvalue weighted by Crippen LogP contribution is 2.42. The van der Waals surface area contributed by atoms with E-state index in [1.165, 1.54) is 16.3 Å². The van der Waals surface area contributed by atoms with Crippen LogP contribution >= 0.6 is 0 Å². The van der Waals surface area contributed by atoms with Gasteiger partial charge in [0.05, 0.1) is 22.4 Å². The zero-order valence-corrected chi connectivity index (χ0v) is 27.0. The first-order chi connectivity index (χ1) is 24.8. The van der Waals surface area contributed by atoms with E-state index >= 15 is 0 Å². The van der Waals surface area contributed by atoms with E-state index < -0.39 is 0 Å². The van der Waals surface area contributed by atoms with Crippen molar-refractivity contribution in [3.63, 3.8) is 0 Å². The molecule has 0 aliphatic carbocycles. The highest BCUT2D eigenvalue weighted by molar-refractivity contribution is 6.16. The summed E-state index contributed by atoms with van der Waals surface area (Å²) in [4.78, 5) is 10.2. The van der Waals surface area contributed by atoms with Gasteiger partial charge in [0.15, 0.2) is 5.82 Å². The second-order valence-corrected chi connectivity index (χ2v) is 12.6. The normalized spacial score (nSPS) is 11.6. The van der Waals surface area contributed by atoms with Gasteiger partial charge < -0.3 is 8.98 Å². The molecule has 4 heteroatoms. The number of hydrogen-bond donors (Lipinski definition) is 0. The molecule has 0 aliphatic heterocycles. The molecular formula is C46H29N3O. The van der Waals surface area contributed by atoms with Crippen molar-refractivity contribution in [2.24, 2.45) is 0 Å². The van der Waals surface area contributed by atoms with Crippen LogP contribution in [0, 0.1) is 0 Å². The van der Waals surface area contributed by atoms with Crippen molar-refractivity contribution in [2.45, 2.75) is 0 Å². The van der Waals surface area contributed by atoms with Crippen LogP contribution in [-0.4, -0.2) is 14.5 Å². The van der Waals surface area contributed by atoms with Gasteiger partial charge in [-0.3, -0.25) is 0 Å². The molecule has 0 N–H and O–H groups in total. The van der Waals surface area contributed by atoms with Gasteiger partial charge >= 0.3 is 0 Å². The first-order valence-electron chi connectivity index (χ1n) is 16.8. The number of nitrogens with zero attached hydrogens (tertiary/aromatic N) is 3. The summed E-state index contributed by atoms with van der Waals surface area (Å²) in [6.07, 6.45) is 0. The van der Waals surface area contributed by atoms with Crippen LogP contribution in [-0.2, 0) is 0 Å². The largest absolute Gasteiger partial charge is 0.455 e. The maximum Gasteiger partial charge on any atom is 0.160 e. The lowest BCUT2D eigenvalue weighted by Gasteiger charge is -2.10. The average molecular weight is 640 g/mol. The number of furan rings is 1. The Hall–Kier alpha value is -6.78. The molecule has 0 radical (unpaired) electrons. The zero-order chi connectivity index (χ0) is 33.0. The molecule has 0 atom stereocenters. The van der Waals surface area contributed by atoms with Crippen LogP contribution in [0.1, 0.15) is 0 Å². The molecule has 234 valence electrons. The van der Waals surface area contributed by atoms with Crippen molar-refractivity contribution in [3.05, 3.63) is 176 Å². The molecule has 0 fully saturated rings. The molecule has 0 unspecified atom stereocenters. The van der Waals surface area contributed by atoms with Crippen molar-refractivity contribution >= 4 is 43.7 Å². The molecular weight excluding hydrogens is 611 g/mol. The van der Waals surface area contributed by atoms with Crippen molar-refractivity contribution in [1.29, 1.82) is 0 Å². The average Bonchev–Trinajstić information content (AvgIpc) is 3.74. The van der Waals surface area contributed by atoms with Gasteiger partial charge in [0.2, 0.25) is 0 Å². The van der Waals surface area contributed by atoms with E-state index in [1.54, 1.807) is 0 Å². The second-order valence-electron chi connectivity index (χ2n) is 12.6.